The van der Waals surface area contributed by atoms with Gasteiger partial charge >= 0.3 is 0 Å². The van der Waals surface area contributed by atoms with Gasteiger partial charge in [-0.1, -0.05) is 12.1 Å². The van der Waals surface area contributed by atoms with Gasteiger partial charge in [0, 0.05) is 6.92 Å². The van der Waals surface area contributed by atoms with Gasteiger partial charge in [0.05, 0.1) is 0 Å². The van der Waals surface area contributed by atoms with E-state index in [1.165, 1.54) is 5.56 Å². The van der Waals surface area contributed by atoms with Gasteiger partial charge in [-0.05, 0) is 18.6 Å². The zero-order valence-corrected chi connectivity index (χ0v) is 6.59. The summed E-state index contributed by atoms with van der Waals surface area (Å²) in [6, 6.07) is 5.94. The summed E-state index contributed by atoms with van der Waals surface area (Å²) in [5.41, 5.74) is 3.02. The molecule has 0 aliphatic heterocycles. The van der Waals surface area contributed by atoms with Gasteiger partial charge < -0.3 is 4.42 Å². The number of oxazole rings is 1. The van der Waals surface area contributed by atoms with Gasteiger partial charge in [-0.2, -0.15) is 0 Å². The molecule has 56 valence electrons. The number of hydrogen-bond donors (Lipinski definition) is 0. The third-order valence-corrected chi connectivity index (χ3v) is 1.73. The molecular weight excluding hydrogens is 138 g/mol. The fourth-order valence-corrected chi connectivity index (χ4v) is 1.20. The molecule has 0 radical (unpaired) electrons. The molecule has 1 aromatic heterocycles. The van der Waals surface area contributed by atoms with Crippen molar-refractivity contribution in [2.24, 2.45) is 0 Å². The SMILES string of the molecule is Cc1nc2c(C)cccc2o1. The minimum Gasteiger partial charge on any atom is -0.441 e. The lowest BCUT2D eigenvalue weighted by Crippen LogP contribution is -1.74. The van der Waals surface area contributed by atoms with Crippen molar-refractivity contribution < 1.29 is 4.42 Å². The zero-order valence-electron chi connectivity index (χ0n) is 6.59. The third kappa shape index (κ3) is 0.909. The molecule has 2 aromatic rings. The summed E-state index contributed by atoms with van der Waals surface area (Å²) >= 11 is 0. The normalized spacial score (nSPS) is 10.7. The summed E-state index contributed by atoms with van der Waals surface area (Å²) in [5, 5.41) is 0. The topological polar surface area (TPSA) is 26.0 Å². The summed E-state index contributed by atoms with van der Waals surface area (Å²) in [6.45, 7) is 3.89. The molecule has 0 saturated carbocycles. The molecule has 11 heavy (non-hydrogen) atoms. The largest absolute Gasteiger partial charge is 0.441 e. The molecule has 0 aliphatic carbocycles. The van der Waals surface area contributed by atoms with E-state index in [9.17, 15) is 0 Å². The Hall–Kier alpha value is -1.31. The van der Waals surface area contributed by atoms with Gasteiger partial charge in [0.1, 0.15) is 5.52 Å². The molecule has 1 heterocycles. The van der Waals surface area contributed by atoms with Crippen LogP contribution in [0.1, 0.15) is 11.5 Å². The lowest BCUT2D eigenvalue weighted by Gasteiger charge is -1.88. The van der Waals surface area contributed by atoms with Gasteiger partial charge in [-0.25, -0.2) is 4.98 Å². The summed E-state index contributed by atoms with van der Waals surface area (Å²) in [4.78, 5) is 4.25. The second-order valence-electron chi connectivity index (χ2n) is 2.65. The van der Waals surface area contributed by atoms with Crippen LogP contribution >= 0.6 is 0 Å². The first-order chi connectivity index (χ1) is 5.27. The van der Waals surface area contributed by atoms with E-state index in [1.807, 2.05) is 32.0 Å². The van der Waals surface area contributed by atoms with Crippen molar-refractivity contribution in [1.29, 1.82) is 0 Å². The summed E-state index contributed by atoms with van der Waals surface area (Å²) in [7, 11) is 0. The molecule has 0 saturated heterocycles. The monoisotopic (exact) mass is 147 g/mol. The first-order valence-electron chi connectivity index (χ1n) is 3.60. The van der Waals surface area contributed by atoms with E-state index < -0.39 is 0 Å². The van der Waals surface area contributed by atoms with Crippen molar-refractivity contribution in [2.75, 3.05) is 0 Å². The maximum Gasteiger partial charge on any atom is 0.192 e. The van der Waals surface area contributed by atoms with Crippen molar-refractivity contribution in [2.45, 2.75) is 13.8 Å². The summed E-state index contributed by atoms with van der Waals surface area (Å²) in [5.74, 6) is 0.731. The molecule has 2 heteroatoms. The van der Waals surface area contributed by atoms with Crippen molar-refractivity contribution in [1.82, 2.24) is 4.98 Å². The standard InChI is InChI=1S/C9H9NO/c1-6-4-3-5-8-9(6)10-7(2)11-8/h3-5H,1-2H3. The van der Waals surface area contributed by atoms with Crippen LogP contribution in [0.25, 0.3) is 11.1 Å². The van der Waals surface area contributed by atoms with E-state index in [0.717, 1.165) is 17.0 Å². The lowest BCUT2D eigenvalue weighted by atomic mass is 10.2. The van der Waals surface area contributed by atoms with E-state index >= 15 is 0 Å². The fourth-order valence-electron chi connectivity index (χ4n) is 1.20. The average Bonchev–Trinajstić information content (AvgIpc) is 2.31. The summed E-state index contributed by atoms with van der Waals surface area (Å²) < 4.78 is 5.34. The molecule has 2 nitrogen and oxygen atoms in total. The number of benzene rings is 1. The summed E-state index contributed by atoms with van der Waals surface area (Å²) in [6.07, 6.45) is 0. The molecule has 0 aliphatic rings. The number of aromatic nitrogens is 1. The third-order valence-electron chi connectivity index (χ3n) is 1.73. The van der Waals surface area contributed by atoms with Crippen LogP contribution in [0, 0.1) is 13.8 Å². The Morgan fingerprint density at radius 1 is 1.27 bits per heavy atom. The van der Waals surface area contributed by atoms with Crippen LogP contribution in [0.5, 0.6) is 0 Å². The van der Waals surface area contributed by atoms with Crippen LogP contribution in [-0.2, 0) is 0 Å². The minimum atomic E-state index is 0.731. The van der Waals surface area contributed by atoms with E-state index in [4.69, 9.17) is 4.42 Å². The van der Waals surface area contributed by atoms with Crippen LogP contribution < -0.4 is 0 Å². The first kappa shape index (κ1) is 6.40. The fraction of sp³-hybridized carbons (Fsp3) is 0.222. The Morgan fingerprint density at radius 3 is 2.82 bits per heavy atom. The van der Waals surface area contributed by atoms with E-state index in [0.29, 0.717) is 0 Å². The smallest absolute Gasteiger partial charge is 0.192 e. The highest BCUT2D eigenvalue weighted by molar-refractivity contribution is 5.76. The number of aryl methyl sites for hydroxylation is 2. The van der Waals surface area contributed by atoms with Crippen molar-refractivity contribution >= 4 is 11.1 Å². The van der Waals surface area contributed by atoms with Crippen LogP contribution in [0.2, 0.25) is 0 Å². The quantitative estimate of drug-likeness (QED) is 0.572. The molecule has 0 atom stereocenters. The van der Waals surface area contributed by atoms with Gasteiger partial charge in [0.15, 0.2) is 11.5 Å². The van der Waals surface area contributed by atoms with Crippen LogP contribution in [-0.4, -0.2) is 4.98 Å². The molecule has 0 unspecified atom stereocenters. The van der Waals surface area contributed by atoms with E-state index in [1.54, 1.807) is 0 Å². The van der Waals surface area contributed by atoms with Crippen molar-refractivity contribution in [3.05, 3.63) is 29.7 Å². The van der Waals surface area contributed by atoms with Crippen molar-refractivity contribution in [3.63, 3.8) is 0 Å². The number of nitrogens with zero attached hydrogens (tertiary/aromatic N) is 1. The zero-order chi connectivity index (χ0) is 7.84. The molecule has 0 fully saturated rings. The highest BCUT2D eigenvalue weighted by atomic mass is 16.3. The predicted molar refractivity (Wildman–Crippen MR) is 43.5 cm³/mol. The highest BCUT2D eigenvalue weighted by Crippen LogP contribution is 2.17. The number of para-hydroxylation sites is 1. The Balaban J connectivity index is 2.90. The highest BCUT2D eigenvalue weighted by Gasteiger charge is 2.02. The van der Waals surface area contributed by atoms with Crippen LogP contribution in [0.3, 0.4) is 0 Å². The molecule has 2 rings (SSSR count). The minimum absolute atomic E-state index is 0.731. The number of hydrogen-bond acceptors (Lipinski definition) is 2. The maximum absolute atomic E-state index is 5.34. The van der Waals surface area contributed by atoms with Crippen LogP contribution in [0.15, 0.2) is 22.6 Å². The Bertz CT molecular complexity index is 389. The molecule has 0 N–H and O–H groups in total. The second kappa shape index (κ2) is 2.09. The van der Waals surface area contributed by atoms with E-state index in [-0.39, 0.29) is 0 Å². The maximum atomic E-state index is 5.34. The van der Waals surface area contributed by atoms with Crippen LogP contribution in [0.4, 0.5) is 0 Å². The van der Waals surface area contributed by atoms with E-state index in [2.05, 4.69) is 4.98 Å². The van der Waals surface area contributed by atoms with Crippen molar-refractivity contribution in [3.8, 4) is 0 Å². The molecule has 0 spiro atoms. The van der Waals surface area contributed by atoms with Gasteiger partial charge in [0.25, 0.3) is 0 Å². The average molecular weight is 147 g/mol. The first-order valence-corrected chi connectivity index (χ1v) is 3.60. The predicted octanol–water partition coefficient (Wildman–Crippen LogP) is 2.44. The van der Waals surface area contributed by atoms with Gasteiger partial charge in [-0.3, -0.25) is 0 Å². The molecule has 1 aromatic carbocycles. The van der Waals surface area contributed by atoms with Gasteiger partial charge in [-0.15, -0.1) is 0 Å². The molecule has 0 amide bonds. The molecule has 0 bridgehead atoms. The Morgan fingerprint density at radius 2 is 2.09 bits per heavy atom. The second-order valence-corrected chi connectivity index (χ2v) is 2.65. The molecular formula is C9H9NO. The Kier molecular flexibility index (Phi) is 1.22. The lowest BCUT2D eigenvalue weighted by molar-refractivity contribution is 0.561. The number of rotatable bonds is 0. The number of fused-ring (bicyclic) bond motifs is 1. The van der Waals surface area contributed by atoms with Gasteiger partial charge in [0.2, 0.25) is 0 Å². The Labute approximate surface area is 64.9 Å².